The molecule has 3 atom stereocenters. The number of nitrogens with one attached hydrogen (secondary N) is 1. The van der Waals surface area contributed by atoms with Crippen LogP contribution in [0.5, 0.6) is 5.75 Å². The first-order valence-corrected chi connectivity index (χ1v) is 13.2. The Morgan fingerprint density at radius 2 is 2.00 bits per heavy atom. The highest BCUT2D eigenvalue weighted by Crippen LogP contribution is 2.34. The topological polar surface area (TPSA) is 76.0 Å². The van der Waals surface area contributed by atoms with Crippen LogP contribution >= 0.6 is 22.9 Å². The molecular formula is C28H28ClN3O3S. The molecule has 3 aromatic carbocycles. The summed E-state index contributed by atoms with van der Waals surface area (Å²) < 4.78 is 12.9. The van der Waals surface area contributed by atoms with E-state index < -0.39 is 6.10 Å². The molecule has 4 aromatic rings. The van der Waals surface area contributed by atoms with Gasteiger partial charge in [0, 0.05) is 17.9 Å². The van der Waals surface area contributed by atoms with Crippen molar-refractivity contribution in [3.63, 3.8) is 0 Å². The fourth-order valence-electron chi connectivity index (χ4n) is 4.36. The van der Waals surface area contributed by atoms with Crippen molar-refractivity contribution in [1.82, 2.24) is 4.98 Å². The number of hydrogen-bond acceptors (Lipinski definition) is 7. The van der Waals surface area contributed by atoms with Gasteiger partial charge in [0.2, 0.25) is 5.13 Å². The Bertz CT molecular complexity index is 1310. The number of hydrazone groups is 1. The van der Waals surface area contributed by atoms with Crippen molar-refractivity contribution in [3.05, 3.63) is 88.4 Å². The molecule has 1 fully saturated rings. The monoisotopic (exact) mass is 521 g/mol. The second-order valence-corrected chi connectivity index (χ2v) is 10.2. The molecule has 186 valence electrons. The molecule has 5 rings (SSSR count). The lowest BCUT2D eigenvalue weighted by atomic mass is 9.94. The predicted molar refractivity (Wildman–Crippen MR) is 146 cm³/mol. The molecule has 1 aromatic heterocycles. The van der Waals surface area contributed by atoms with Crippen molar-refractivity contribution >= 4 is 44.5 Å². The molecule has 8 heteroatoms. The average molecular weight is 522 g/mol. The number of benzene rings is 3. The molecule has 1 aliphatic heterocycles. The molecule has 1 saturated heterocycles. The molecular weight excluding hydrogens is 494 g/mol. The third-order valence-corrected chi connectivity index (χ3v) is 7.40. The maximum atomic E-state index is 10.5. The zero-order chi connectivity index (χ0) is 24.9. The molecule has 0 aliphatic carbocycles. The zero-order valence-corrected chi connectivity index (χ0v) is 21.5. The number of thiazole rings is 1. The Hall–Kier alpha value is -2.97. The Morgan fingerprint density at radius 1 is 1.17 bits per heavy atom. The minimum absolute atomic E-state index is 0.246. The van der Waals surface area contributed by atoms with Crippen LogP contribution < -0.4 is 10.2 Å². The van der Waals surface area contributed by atoms with Gasteiger partial charge in [-0.1, -0.05) is 59.3 Å². The van der Waals surface area contributed by atoms with Gasteiger partial charge in [-0.25, -0.2) is 4.98 Å². The molecule has 0 unspecified atom stereocenters. The maximum absolute atomic E-state index is 10.5. The summed E-state index contributed by atoms with van der Waals surface area (Å²) in [5.74, 6) is 0.857. The highest BCUT2D eigenvalue weighted by Gasteiger charge is 2.29. The van der Waals surface area contributed by atoms with E-state index in [1.54, 1.807) is 17.6 Å². The number of anilines is 1. The third-order valence-electron chi connectivity index (χ3n) is 6.09. The van der Waals surface area contributed by atoms with E-state index in [1.807, 2.05) is 55.5 Å². The van der Waals surface area contributed by atoms with Crippen molar-refractivity contribution in [2.45, 2.75) is 44.5 Å². The van der Waals surface area contributed by atoms with Crippen LogP contribution in [0.2, 0.25) is 5.02 Å². The van der Waals surface area contributed by atoms with Crippen molar-refractivity contribution < 1.29 is 14.6 Å². The fraction of sp³-hybridized carbons (Fsp3) is 0.286. The average Bonchev–Trinajstić information content (AvgIpc) is 3.29. The van der Waals surface area contributed by atoms with Crippen molar-refractivity contribution in [3.8, 4) is 5.75 Å². The first kappa shape index (κ1) is 24.7. The van der Waals surface area contributed by atoms with Gasteiger partial charge in [-0.05, 0) is 60.4 Å². The first-order valence-electron chi connectivity index (χ1n) is 12.1. The second kappa shape index (κ2) is 11.4. The van der Waals surface area contributed by atoms with E-state index in [4.69, 9.17) is 21.1 Å². The van der Waals surface area contributed by atoms with Gasteiger partial charge in [-0.3, -0.25) is 5.43 Å². The second-order valence-electron chi connectivity index (χ2n) is 8.77. The van der Waals surface area contributed by atoms with Gasteiger partial charge in [0.05, 0.1) is 41.4 Å². The number of halogens is 1. The van der Waals surface area contributed by atoms with Crippen molar-refractivity contribution in [2.24, 2.45) is 5.10 Å². The van der Waals surface area contributed by atoms with Gasteiger partial charge in [0.25, 0.3) is 0 Å². The molecule has 0 radical (unpaired) electrons. The number of hydrogen-bond donors (Lipinski definition) is 2. The summed E-state index contributed by atoms with van der Waals surface area (Å²) in [6, 6.07) is 22.0. The number of aromatic nitrogens is 1. The van der Waals surface area contributed by atoms with Crippen LogP contribution in [0, 0.1) is 0 Å². The molecule has 2 heterocycles. The first-order chi connectivity index (χ1) is 17.6. The van der Waals surface area contributed by atoms with E-state index in [-0.39, 0.29) is 12.2 Å². The number of ether oxygens (including phenoxy) is 2. The van der Waals surface area contributed by atoms with E-state index in [0.29, 0.717) is 30.9 Å². The standard InChI is InChI=1S/C28H28ClN3O3S/c1-2-34-22-10-7-18(8-11-22)13-20-14-19(9-12-24(20)29)26-16-21(33)15-23(35-26)17-30-32-28-31-25-5-3-4-6-27(25)36-28/h3-12,14,17,21,23,26,33H,2,13,15-16H2,1H3,(H,31,32)/b30-17+/t21-,23-,26+/m0/s1. The molecule has 0 saturated carbocycles. The smallest absolute Gasteiger partial charge is 0.204 e. The largest absolute Gasteiger partial charge is 0.494 e. The zero-order valence-electron chi connectivity index (χ0n) is 19.9. The van der Waals surface area contributed by atoms with Crippen molar-refractivity contribution in [1.29, 1.82) is 0 Å². The highest BCUT2D eigenvalue weighted by atomic mass is 35.5. The van der Waals surface area contributed by atoms with Crippen LogP contribution in [0.4, 0.5) is 5.13 Å². The SMILES string of the molecule is CCOc1ccc(Cc2cc([C@H]3C[C@@H](O)C[C@@H](/C=N/Nc4nc5ccccc5s4)O3)ccc2Cl)cc1. The Morgan fingerprint density at radius 3 is 2.81 bits per heavy atom. The summed E-state index contributed by atoms with van der Waals surface area (Å²) in [4.78, 5) is 4.52. The van der Waals surface area contributed by atoms with Crippen LogP contribution in [-0.2, 0) is 11.2 Å². The minimum atomic E-state index is -0.479. The van der Waals surface area contributed by atoms with Crippen LogP contribution in [-0.4, -0.2) is 35.1 Å². The van der Waals surface area contributed by atoms with Gasteiger partial charge in [-0.15, -0.1) is 0 Å². The Kier molecular flexibility index (Phi) is 7.82. The number of aliphatic hydroxyl groups excluding tert-OH is 1. The Labute approximate surface area is 219 Å². The quantitative estimate of drug-likeness (QED) is 0.201. The van der Waals surface area contributed by atoms with Gasteiger partial charge >= 0.3 is 0 Å². The highest BCUT2D eigenvalue weighted by molar-refractivity contribution is 7.22. The van der Waals surface area contributed by atoms with E-state index in [2.05, 4.69) is 33.7 Å². The Balaban J connectivity index is 1.25. The lowest BCUT2D eigenvalue weighted by molar-refractivity contribution is -0.0680. The number of para-hydroxylation sites is 1. The number of fused-ring (bicyclic) bond motifs is 1. The number of aliphatic hydroxyl groups is 1. The van der Waals surface area contributed by atoms with E-state index in [1.165, 1.54) is 0 Å². The summed E-state index contributed by atoms with van der Waals surface area (Å²) in [7, 11) is 0. The van der Waals surface area contributed by atoms with Gasteiger partial charge < -0.3 is 14.6 Å². The summed E-state index contributed by atoms with van der Waals surface area (Å²) in [5.41, 5.74) is 7.10. The lowest BCUT2D eigenvalue weighted by Gasteiger charge is -2.32. The molecule has 36 heavy (non-hydrogen) atoms. The maximum Gasteiger partial charge on any atom is 0.204 e. The van der Waals surface area contributed by atoms with Crippen LogP contribution in [0.3, 0.4) is 0 Å². The summed E-state index contributed by atoms with van der Waals surface area (Å²) in [5, 5.41) is 16.3. The van der Waals surface area contributed by atoms with Crippen LogP contribution in [0.15, 0.2) is 71.8 Å². The van der Waals surface area contributed by atoms with Gasteiger partial charge in [0.1, 0.15) is 5.75 Å². The third kappa shape index (κ3) is 6.05. The predicted octanol–water partition coefficient (Wildman–Crippen LogP) is 6.62. The van der Waals surface area contributed by atoms with Crippen LogP contribution in [0.1, 0.15) is 42.6 Å². The summed E-state index contributed by atoms with van der Waals surface area (Å²) in [6.07, 6.45) is 2.39. The normalized spacial score (nSPS) is 20.1. The summed E-state index contributed by atoms with van der Waals surface area (Å²) >= 11 is 8.07. The van der Waals surface area contributed by atoms with E-state index in [0.717, 1.165) is 37.8 Å². The van der Waals surface area contributed by atoms with Gasteiger partial charge in [-0.2, -0.15) is 5.10 Å². The number of nitrogens with zero attached hydrogens (tertiary/aromatic N) is 2. The van der Waals surface area contributed by atoms with E-state index in [9.17, 15) is 5.11 Å². The van der Waals surface area contributed by atoms with Gasteiger partial charge in [0.15, 0.2) is 0 Å². The fourth-order valence-corrected chi connectivity index (χ4v) is 5.36. The minimum Gasteiger partial charge on any atom is -0.494 e. The molecule has 2 N–H and O–H groups in total. The summed E-state index contributed by atoms with van der Waals surface area (Å²) in [6.45, 7) is 2.61. The molecule has 0 amide bonds. The lowest BCUT2D eigenvalue weighted by Crippen LogP contribution is -2.32. The molecule has 1 aliphatic rings. The molecule has 6 nitrogen and oxygen atoms in total. The van der Waals surface area contributed by atoms with E-state index >= 15 is 0 Å². The van der Waals surface area contributed by atoms with Crippen LogP contribution in [0.25, 0.3) is 10.2 Å². The number of rotatable bonds is 8. The molecule has 0 bridgehead atoms. The van der Waals surface area contributed by atoms with Crippen molar-refractivity contribution in [2.75, 3.05) is 12.0 Å². The molecule has 0 spiro atoms.